The highest BCUT2D eigenvalue weighted by molar-refractivity contribution is 6.18. The molecule has 1 rings (SSSR count). The Labute approximate surface area is 107 Å². The molecule has 0 aliphatic rings. The number of hydrogen-bond acceptors (Lipinski definition) is 3. The summed E-state index contributed by atoms with van der Waals surface area (Å²) < 4.78 is 1.58. The Morgan fingerprint density at radius 2 is 2.12 bits per heavy atom. The van der Waals surface area contributed by atoms with Crippen LogP contribution in [0.3, 0.4) is 0 Å². The van der Waals surface area contributed by atoms with Gasteiger partial charge in [0.15, 0.2) is 0 Å². The summed E-state index contributed by atoms with van der Waals surface area (Å²) >= 11 is 5.58. The van der Waals surface area contributed by atoms with Gasteiger partial charge in [-0.2, -0.15) is 5.10 Å². The van der Waals surface area contributed by atoms with E-state index in [0.717, 1.165) is 0 Å². The van der Waals surface area contributed by atoms with Crippen molar-refractivity contribution >= 4 is 11.6 Å². The van der Waals surface area contributed by atoms with Gasteiger partial charge in [0, 0.05) is 17.7 Å². The first kappa shape index (κ1) is 14.0. The van der Waals surface area contributed by atoms with E-state index in [4.69, 9.17) is 11.6 Å². The molecule has 4 nitrogen and oxygen atoms in total. The van der Waals surface area contributed by atoms with Crippen molar-refractivity contribution in [1.29, 1.82) is 0 Å². The molecule has 0 amide bonds. The quantitative estimate of drug-likeness (QED) is 0.661. The molecule has 0 saturated carbocycles. The molecule has 1 atom stereocenters. The molecule has 0 aliphatic carbocycles. The summed E-state index contributed by atoms with van der Waals surface area (Å²) in [5.41, 5.74) is -1.52. The molecule has 1 unspecified atom stereocenters. The molecular weight excluding hydrogens is 238 g/mol. The van der Waals surface area contributed by atoms with E-state index in [2.05, 4.69) is 21.9 Å². The normalized spacial score (nSPS) is 14.9. The van der Waals surface area contributed by atoms with Gasteiger partial charge in [-0.05, 0) is 0 Å². The molecule has 5 heteroatoms. The van der Waals surface area contributed by atoms with Crippen LogP contribution in [0.2, 0.25) is 0 Å². The number of rotatable bonds is 3. The van der Waals surface area contributed by atoms with Gasteiger partial charge in [-0.3, -0.25) is 0 Å². The van der Waals surface area contributed by atoms with Crippen LogP contribution < -0.4 is 0 Å². The van der Waals surface area contributed by atoms with Gasteiger partial charge in [-0.15, -0.1) is 11.6 Å². The van der Waals surface area contributed by atoms with Crippen LogP contribution in [0.15, 0.2) is 12.7 Å². The summed E-state index contributed by atoms with van der Waals surface area (Å²) in [6.45, 7) is 6.13. The molecule has 0 aromatic carbocycles. The van der Waals surface area contributed by atoms with Crippen molar-refractivity contribution in [2.75, 3.05) is 5.88 Å². The number of aromatic nitrogens is 3. The molecule has 1 aromatic rings. The van der Waals surface area contributed by atoms with Gasteiger partial charge in [-0.1, -0.05) is 32.6 Å². The van der Waals surface area contributed by atoms with E-state index in [-0.39, 0.29) is 5.41 Å². The van der Waals surface area contributed by atoms with E-state index in [1.165, 1.54) is 6.33 Å². The van der Waals surface area contributed by atoms with Gasteiger partial charge in [0.1, 0.15) is 18.3 Å². The van der Waals surface area contributed by atoms with Crippen molar-refractivity contribution in [3.63, 3.8) is 0 Å². The van der Waals surface area contributed by atoms with Gasteiger partial charge in [0.25, 0.3) is 0 Å². The van der Waals surface area contributed by atoms with Crippen molar-refractivity contribution in [2.45, 2.75) is 39.3 Å². The van der Waals surface area contributed by atoms with Crippen LogP contribution in [0, 0.1) is 17.3 Å². The molecule has 0 saturated heterocycles. The van der Waals surface area contributed by atoms with Crippen molar-refractivity contribution in [1.82, 2.24) is 14.8 Å². The van der Waals surface area contributed by atoms with Gasteiger partial charge in [0.2, 0.25) is 0 Å². The monoisotopic (exact) mass is 255 g/mol. The lowest BCUT2D eigenvalue weighted by Gasteiger charge is -2.35. The predicted molar refractivity (Wildman–Crippen MR) is 67.5 cm³/mol. The van der Waals surface area contributed by atoms with Crippen LogP contribution in [-0.2, 0) is 6.54 Å². The Balaban J connectivity index is 2.92. The zero-order valence-corrected chi connectivity index (χ0v) is 11.2. The number of hydrogen-bond donors (Lipinski definition) is 1. The summed E-state index contributed by atoms with van der Waals surface area (Å²) in [6.07, 6.45) is 3.58. The average Bonchev–Trinajstić information content (AvgIpc) is 2.69. The Bertz CT molecular complexity index is 400. The van der Waals surface area contributed by atoms with Crippen molar-refractivity contribution in [2.24, 2.45) is 5.41 Å². The van der Waals surface area contributed by atoms with Gasteiger partial charge in [-0.25, -0.2) is 9.67 Å². The average molecular weight is 256 g/mol. The Morgan fingerprint density at radius 3 is 2.59 bits per heavy atom. The molecule has 0 fully saturated rings. The van der Waals surface area contributed by atoms with Gasteiger partial charge < -0.3 is 5.11 Å². The van der Waals surface area contributed by atoms with E-state index >= 15 is 0 Å². The molecule has 1 aromatic heterocycles. The van der Waals surface area contributed by atoms with Crippen LogP contribution in [0.25, 0.3) is 0 Å². The first-order chi connectivity index (χ1) is 7.89. The minimum Gasteiger partial charge on any atom is -0.375 e. The molecule has 0 aliphatic heterocycles. The number of aliphatic hydroxyl groups is 1. The number of halogens is 1. The first-order valence-electron chi connectivity index (χ1n) is 5.50. The molecule has 0 bridgehead atoms. The van der Waals surface area contributed by atoms with Gasteiger partial charge in [0.05, 0.1) is 6.54 Å². The van der Waals surface area contributed by atoms with Crippen LogP contribution >= 0.6 is 11.6 Å². The second-order valence-corrected chi connectivity index (χ2v) is 5.32. The third kappa shape index (κ3) is 3.72. The number of nitrogens with zero attached hydrogens (tertiary/aromatic N) is 3. The van der Waals surface area contributed by atoms with E-state index in [1.54, 1.807) is 11.0 Å². The second kappa shape index (κ2) is 5.52. The molecule has 1 N–H and O–H groups in total. The minimum absolute atomic E-state index is 0.297. The van der Waals surface area contributed by atoms with E-state index in [0.29, 0.717) is 18.8 Å². The lowest BCUT2D eigenvalue weighted by Crippen LogP contribution is -2.45. The standard InChI is InChI=1S/C12H18ClN3O/c1-11(2,3)12(17,6-4-5-7-13)8-16-10-14-9-15-16/h9-10,17H,5,7-8H2,1-3H3. The highest BCUT2D eigenvalue weighted by atomic mass is 35.5. The molecule has 1 heterocycles. The fourth-order valence-electron chi connectivity index (χ4n) is 1.27. The molecular formula is C12H18ClN3O. The molecule has 0 radical (unpaired) electrons. The van der Waals surface area contributed by atoms with Gasteiger partial charge >= 0.3 is 0 Å². The van der Waals surface area contributed by atoms with E-state index < -0.39 is 5.60 Å². The van der Waals surface area contributed by atoms with Crippen molar-refractivity contribution < 1.29 is 5.11 Å². The minimum atomic E-state index is -1.15. The summed E-state index contributed by atoms with van der Waals surface area (Å²) in [6, 6.07) is 0. The Morgan fingerprint density at radius 1 is 1.41 bits per heavy atom. The Hall–Kier alpha value is -1.05. The third-order valence-electron chi connectivity index (χ3n) is 2.61. The topological polar surface area (TPSA) is 50.9 Å². The molecule has 0 spiro atoms. The maximum atomic E-state index is 10.6. The largest absolute Gasteiger partial charge is 0.375 e. The summed E-state index contributed by atoms with van der Waals surface area (Å²) in [5.74, 6) is 6.28. The Kier molecular flexibility index (Phi) is 4.55. The number of alkyl halides is 1. The molecule has 94 valence electrons. The zero-order chi connectivity index (χ0) is 12.9. The summed E-state index contributed by atoms with van der Waals surface area (Å²) in [5, 5.41) is 14.6. The second-order valence-electron chi connectivity index (χ2n) is 4.94. The van der Waals surface area contributed by atoms with Crippen LogP contribution in [-0.4, -0.2) is 31.4 Å². The first-order valence-corrected chi connectivity index (χ1v) is 6.03. The summed E-state index contributed by atoms with van der Waals surface area (Å²) in [7, 11) is 0. The maximum Gasteiger partial charge on any atom is 0.149 e. The van der Waals surface area contributed by atoms with Crippen LogP contribution in [0.1, 0.15) is 27.2 Å². The molecule has 17 heavy (non-hydrogen) atoms. The lowest BCUT2D eigenvalue weighted by molar-refractivity contribution is -0.0215. The van der Waals surface area contributed by atoms with E-state index in [1.807, 2.05) is 20.8 Å². The predicted octanol–water partition coefficient (Wildman–Crippen LogP) is 1.69. The van der Waals surface area contributed by atoms with Crippen LogP contribution in [0.5, 0.6) is 0 Å². The highest BCUT2D eigenvalue weighted by Crippen LogP contribution is 2.31. The zero-order valence-electron chi connectivity index (χ0n) is 10.4. The van der Waals surface area contributed by atoms with Crippen molar-refractivity contribution in [3.8, 4) is 11.8 Å². The smallest absolute Gasteiger partial charge is 0.149 e. The fraction of sp³-hybridized carbons (Fsp3) is 0.667. The third-order valence-corrected chi connectivity index (χ3v) is 2.80. The van der Waals surface area contributed by atoms with E-state index in [9.17, 15) is 5.11 Å². The summed E-state index contributed by atoms with van der Waals surface area (Å²) in [4.78, 5) is 3.86. The highest BCUT2D eigenvalue weighted by Gasteiger charge is 2.39. The SMILES string of the molecule is CC(C)(C)C(O)(C#CCCCl)Cn1cncn1. The van der Waals surface area contributed by atoms with Crippen molar-refractivity contribution in [3.05, 3.63) is 12.7 Å². The lowest BCUT2D eigenvalue weighted by atomic mass is 9.76. The van der Waals surface area contributed by atoms with Crippen LogP contribution in [0.4, 0.5) is 0 Å². The fourth-order valence-corrected chi connectivity index (χ4v) is 1.36. The maximum absolute atomic E-state index is 10.6.